The zero-order valence-electron chi connectivity index (χ0n) is 10.8. The summed E-state index contributed by atoms with van der Waals surface area (Å²) < 4.78 is 6.82. The first-order valence-corrected chi connectivity index (χ1v) is 5.95. The van der Waals surface area contributed by atoms with E-state index in [1.165, 1.54) is 5.56 Å². The third-order valence-electron chi connectivity index (χ3n) is 2.70. The fourth-order valence-electron chi connectivity index (χ4n) is 1.78. The zero-order chi connectivity index (χ0) is 12.8. The molecule has 0 amide bonds. The van der Waals surface area contributed by atoms with Gasteiger partial charge in [0, 0.05) is 26.0 Å². The molecular weight excluding hydrogens is 228 g/mol. The van der Waals surface area contributed by atoms with Crippen molar-refractivity contribution in [2.24, 2.45) is 7.05 Å². The Balaban J connectivity index is 1.99. The molecule has 0 aliphatic rings. The second-order valence-electron chi connectivity index (χ2n) is 4.14. The van der Waals surface area contributed by atoms with Crippen LogP contribution in [0.15, 0.2) is 30.5 Å². The number of anilines is 1. The van der Waals surface area contributed by atoms with E-state index in [2.05, 4.69) is 27.8 Å². The fraction of sp³-hybridized carbons (Fsp3) is 0.385. The molecule has 0 radical (unpaired) electrons. The Bertz CT molecular complexity index is 495. The van der Waals surface area contributed by atoms with Gasteiger partial charge in [-0.05, 0) is 18.1 Å². The van der Waals surface area contributed by atoms with Crippen molar-refractivity contribution in [3.8, 4) is 0 Å². The van der Waals surface area contributed by atoms with Crippen molar-refractivity contribution in [3.63, 3.8) is 0 Å². The molecule has 5 nitrogen and oxygen atoms in total. The Labute approximate surface area is 107 Å². The molecule has 0 spiro atoms. The Morgan fingerprint density at radius 1 is 1.33 bits per heavy atom. The van der Waals surface area contributed by atoms with Crippen LogP contribution in [0, 0.1) is 0 Å². The average Bonchev–Trinajstić information content (AvgIpc) is 2.81. The summed E-state index contributed by atoms with van der Waals surface area (Å²) in [6, 6.07) is 8.24. The molecule has 18 heavy (non-hydrogen) atoms. The van der Waals surface area contributed by atoms with Crippen LogP contribution < -0.4 is 5.32 Å². The maximum absolute atomic E-state index is 5.11. The SMILES string of the molecule is COCCc1ccccc1NCc1cn(C)nn1. The number of nitrogens with zero attached hydrogens (tertiary/aromatic N) is 3. The highest BCUT2D eigenvalue weighted by Gasteiger charge is 2.03. The van der Waals surface area contributed by atoms with Gasteiger partial charge in [0.1, 0.15) is 5.69 Å². The molecule has 0 atom stereocenters. The van der Waals surface area contributed by atoms with E-state index in [1.54, 1.807) is 11.8 Å². The molecule has 0 bridgehead atoms. The van der Waals surface area contributed by atoms with Gasteiger partial charge in [-0.3, -0.25) is 4.68 Å². The summed E-state index contributed by atoms with van der Waals surface area (Å²) in [7, 11) is 3.58. The number of hydrogen-bond donors (Lipinski definition) is 1. The normalized spacial score (nSPS) is 10.6. The van der Waals surface area contributed by atoms with Crippen molar-refractivity contribution < 1.29 is 4.74 Å². The Kier molecular flexibility index (Phi) is 4.30. The summed E-state index contributed by atoms with van der Waals surface area (Å²) in [6.45, 7) is 1.40. The molecule has 96 valence electrons. The highest BCUT2D eigenvalue weighted by molar-refractivity contribution is 5.51. The van der Waals surface area contributed by atoms with Gasteiger partial charge in [0.15, 0.2) is 0 Å². The molecule has 2 aromatic rings. The lowest BCUT2D eigenvalue weighted by atomic mass is 10.1. The first kappa shape index (κ1) is 12.6. The van der Waals surface area contributed by atoms with Crippen LogP contribution in [0.1, 0.15) is 11.3 Å². The van der Waals surface area contributed by atoms with E-state index in [0.29, 0.717) is 6.54 Å². The molecule has 1 N–H and O–H groups in total. The van der Waals surface area contributed by atoms with Gasteiger partial charge >= 0.3 is 0 Å². The summed E-state index contributed by atoms with van der Waals surface area (Å²) in [5.74, 6) is 0. The van der Waals surface area contributed by atoms with E-state index in [-0.39, 0.29) is 0 Å². The van der Waals surface area contributed by atoms with E-state index in [0.717, 1.165) is 24.4 Å². The second kappa shape index (κ2) is 6.16. The lowest BCUT2D eigenvalue weighted by Gasteiger charge is -2.10. The molecule has 1 aromatic carbocycles. The molecule has 0 fully saturated rings. The monoisotopic (exact) mass is 246 g/mol. The van der Waals surface area contributed by atoms with Crippen molar-refractivity contribution in [2.75, 3.05) is 19.0 Å². The molecule has 5 heteroatoms. The molecule has 1 heterocycles. The quantitative estimate of drug-likeness (QED) is 0.841. The molecule has 2 rings (SSSR count). The lowest BCUT2D eigenvalue weighted by molar-refractivity contribution is 0.202. The van der Waals surface area contributed by atoms with Gasteiger partial charge in [0.25, 0.3) is 0 Å². The van der Waals surface area contributed by atoms with Crippen LogP contribution in [0.2, 0.25) is 0 Å². The van der Waals surface area contributed by atoms with E-state index >= 15 is 0 Å². The maximum Gasteiger partial charge on any atom is 0.102 e. The van der Waals surface area contributed by atoms with E-state index in [4.69, 9.17) is 4.74 Å². The smallest absolute Gasteiger partial charge is 0.102 e. The number of ether oxygens (including phenoxy) is 1. The van der Waals surface area contributed by atoms with Crippen molar-refractivity contribution in [1.82, 2.24) is 15.0 Å². The van der Waals surface area contributed by atoms with E-state index in [9.17, 15) is 0 Å². The standard InChI is InChI=1S/C13H18N4O/c1-17-10-12(15-16-17)9-14-13-6-4-3-5-11(13)7-8-18-2/h3-6,10,14H,7-9H2,1-2H3. The molecule has 0 saturated heterocycles. The lowest BCUT2D eigenvalue weighted by Crippen LogP contribution is -2.04. The van der Waals surface area contributed by atoms with Crippen LogP contribution in [-0.2, 0) is 24.8 Å². The summed E-state index contributed by atoms with van der Waals surface area (Å²) in [5, 5.41) is 11.3. The van der Waals surface area contributed by atoms with Gasteiger partial charge in [0.2, 0.25) is 0 Å². The number of para-hydroxylation sites is 1. The summed E-state index contributed by atoms with van der Waals surface area (Å²) in [4.78, 5) is 0. The Hall–Kier alpha value is -1.88. The minimum atomic E-state index is 0.678. The van der Waals surface area contributed by atoms with Crippen LogP contribution in [0.3, 0.4) is 0 Å². The van der Waals surface area contributed by atoms with Gasteiger partial charge in [-0.2, -0.15) is 0 Å². The zero-order valence-corrected chi connectivity index (χ0v) is 10.8. The molecule has 0 unspecified atom stereocenters. The fourth-order valence-corrected chi connectivity index (χ4v) is 1.78. The highest BCUT2D eigenvalue weighted by Crippen LogP contribution is 2.16. The highest BCUT2D eigenvalue weighted by atomic mass is 16.5. The number of rotatable bonds is 6. The van der Waals surface area contributed by atoms with Gasteiger partial charge in [0.05, 0.1) is 13.2 Å². The van der Waals surface area contributed by atoms with Crippen LogP contribution in [0.5, 0.6) is 0 Å². The maximum atomic E-state index is 5.11. The molecule has 1 aromatic heterocycles. The number of aryl methyl sites for hydroxylation is 1. The summed E-state index contributed by atoms with van der Waals surface area (Å²) >= 11 is 0. The van der Waals surface area contributed by atoms with E-state index < -0.39 is 0 Å². The number of benzene rings is 1. The average molecular weight is 246 g/mol. The largest absolute Gasteiger partial charge is 0.384 e. The minimum absolute atomic E-state index is 0.678. The van der Waals surface area contributed by atoms with Crippen molar-refractivity contribution in [1.29, 1.82) is 0 Å². The van der Waals surface area contributed by atoms with Crippen LogP contribution in [-0.4, -0.2) is 28.7 Å². The van der Waals surface area contributed by atoms with Crippen LogP contribution in [0.4, 0.5) is 5.69 Å². The Morgan fingerprint density at radius 2 is 2.17 bits per heavy atom. The second-order valence-corrected chi connectivity index (χ2v) is 4.14. The first-order chi connectivity index (χ1) is 8.79. The molecule has 0 saturated carbocycles. The third kappa shape index (κ3) is 3.30. The van der Waals surface area contributed by atoms with E-state index in [1.807, 2.05) is 25.4 Å². The number of methoxy groups -OCH3 is 1. The van der Waals surface area contributed by atoms with Gasteiger partial charge in [-0.1, -0.05) is 23.4 Å². The Morgan fingerprint density at radius 3 is 2.89 bits per heavy atom. The first-order valence-electron chi connectivity index (χ1n) is 5.95. The minimum Gasteiger partial charge on any atom is -0.384 e. The molecule has 0 aliphatic heterocycles. The van der Waals surface area contributed by atoms with Gasteiger partial charge < -0.3 is 10.1 Å². The number of nitrogens with one attached hydrogen (secondary N) is 1. The van der Waals surface area contributed by atoms with Crippen LogP contribution >= 0.6 is 0 Å². The topological polar surface area (TPSA) is 52.0 Å². The van der Waals surface area contributed by atoms with Gasteiger partial charge in [-0.15, -0.1) is 5.10 Å². The van der Waals surface area contributed by atoms with Crippen LogP contribution in [0.25, 0.3) is 0 Å². The predicted molar refractivity (Wildman–Crippen MR) is 70.4 cm³/mol. The third-order valence-corrected chi connectivity index (χ3v) is 2.70. The summed E-state index contributed by atoms with van der Waals surface area (Å²) in [5.41, 5.74) is 3.31. The molecule has 0 aliphatic carbocycles. The van der Waals surface area contributed by atoms with Gasteiger partial charge in [-0.25, -0.2) is 0 Å². The predicted octanol–water partition coefficient (Wildman–Crippen LogP) is 1.62. The summed E-state index contributed by atoms with van der Waals surface area (Å²) in [6.07, 6.45) is 2.81. The van der Waals surface area contributed by atoms with Crippen molar-refractivity contribution in [2.45, 2.75) is 13.0 Å². The number of aromatic nitrogens is 3. The van der Waals surface area contributed by atoms with Crippen molar-refractivity contribution in [3.05, 3.63) is 41.7 Å². The van der Waals surface area contributed by atoms with Crippen molar-refractivity contribution >= 4 is 5.69 Å². The molecular formula is C13H18N4O. The number of hydrogen-bond acceptors (Lipinski definition) is 4.